The van der Waals surface area contributed by atoms with Crippen molar-refractivity contribution in [2.45, 2.75) is 6.42 Å². The van der Waals surface area contributed by atoms with E-state index in [0.717, 1.165) is 0 Å². The second-order valence-corrected chi connectivity index (χ2v) is 2.03. The maximum absolute atomic E-state index is 10.2. The van der Waals surface area contributed by atoms with Crippen molar-refractivity contribution < 1.29 is 9.21 Å². The summed E-state index contributed by atoms with van der Waals surface area (Å²) >= 11 is 5.07. The zero-order chi connectivity index (χ0) is 6.69. The Morgan fingerprint density at radius 1 is 1.78 bits per heavy atom. The van der Waals surface area contributed by atoms with Gasteiger partial charge in [0.1, 0.15) is 5.76 Å². The Balaban J connectivity index is 2.58. The van der Waals surface area contributed by atoms with Crippen LogP contribution in [-0.4, -0.2) is 5.24 Å². The Bertz CT molecular complexity index is 191. The molecule has 1 aromatic heterocycles. The van der Waals surface area contributed by atoms with Gasteiger partial charge < -0.3 is 4.42 Å². The average Bonchev–Trinajstić information content (AvgIpc) is 2.15. The van der Waals surface area contributed by atoms with E-state index in [4.69, 9.17) is 16.0 Å². The highest BCUT2D eigenvalue weighted by Gasteiger charge is 1.99. The van der Waals surface area contributed by atoms with Crippen LogP contribution in [0.1, 0.15) is 5.76 Å². The van der Waals surface area contributed by atoms with Crippen molar-refractivity contribution in [3.63, 3.8) is 0 Å². The van der Waals surface area contributed by atoms with Crippen molar-refractivity contribution >= 4 is 16.8 Å². The predicted molar refractivity (Wildman–Crippen MR) is 33.3 cm³/mol. The van der Waals surface area contributed by atoms with Gasteiger partial charge in [-0.3, -0.25) is 4.79 Å². The van der Waals surface area contributed by atoms with Gasteiger partial charge in [0, 0.05) is 0 Å². The summed E-state index contributed by atoms with van der Waals surface area (Å²) in [5.74, 6) is 0.606. The molecule has 0 N–H and O–H groups in total. The maximum atomic E-state index is 10.2. The molecule has 0 unspecified atom stereocenters. The van der Waals surface area contributed by atoms with Crippen molar-refractivity contribution in [3.8, 4) is 0 Å². The minimum Gasteiger partial charge on any atom is -0.469 e. The van der Waals surface area contributed by atoms with Crippen LogP contribution < -0.4 is 0 Å². The first-order valence-electron chi connectivity index (χ1n) is 2.50. The molecule has 0 atom stereocenters. The van der Waals surface area contributed by atoms with Crippen molar-refractivity contribution in [1.82, 2.24) is 0 Å². The molecule has 1 rings (SSSR count). The standard InChI is InChI=1S/C6H5ClO2/c7-6(8)4-5-2-1-3-9-5/h1-3H,4H2. The summed E-state index contributed by atoms with van der Waals surface area (Å²) < 4.78 is 4.84. The van der Waals surface area contributed by atoms with Crippen LogP contribution in [-0.2, 0) is 11.2 Å². The number of rotatable bonds is 2. The lowest BCUT2D eigenvalue weighted by atomic mass is 10.4. The Morgan fingerprint density at radius 2 is 2.56 bits per heavy atom. The summed E-state index contributed by atoms with van der Waals surface area (Å²) in [7, 11) is 0. The molecule has 1 heterocycles. The average molecular weight is 145 g/mol. The van der Waals surface area contributed by atoms with Crippen LogP contribution in [0.5, 0.6) is 0 Å². The van der Waals surface area contributed by atoms with Crippen LogP contribution >= 0.6 is 11.6 Å². The largest absolute Gasteiger partial charge is 0.469 e. The Kier molecular flexibility index (Phi) is 1.90. The van der Waals surface area contributed by atoms with E-state index in [0.29, 0.717) is 5.76 Å². The molecule has 0 bridgehead atoms. The summed E-state index contributed by atoms with van der Waals surface area (Å²) in [4.78, 5) is 10.2. The fourth-order valence-corrected chi connectivity index (χ4v) is 0.682. The smallest absolute Gasteiger partial charge is 0.229 e. The quantitative estimate of drug-likeness (QED) is 0.590. The molecular formula is C6H5ClO2. The van der Waals surface area contributed by atoms with Gasteiger partial charge in [0.05, 0.1) is 12.7 Å². The minimum atomic E-state index is -0.398. The monoisotopic (exact) mass is 144 g/mol. The van der Waals surface area contributed by atoms with E-state index in [1.165, 1.54) is 6.26 Å². The zero-order valence-corrected chi connectivity index (χ0v) is 5.39. The molecular weight excluding hydrogens is 140 g/mol. The molecule has 0 amide bonds. The van der Waals surface area contributed by atoms with Crippen LogP contribution in [0, 0.1) is 0 Å². The summed E-state index contributed by atoms with van der Waals surface area (Å²) in [6.07, 6.45) is 1.68. The lowest BCUT2D eigenvalue weighted by Gasteiger charge is -1.84. The van der Waals surface area contributed by atoms with E-state index >= 15 is 0 Å². The number of hydrogen-bond acceptors (Lipinski definition) is 2. The third-order valence-corrected chi connectivity index (χ3v) is 1.03. The maximum Gasteiger partial charge on any atom is 0.229 e. The zero-order valence-electron chi connectivity index (χ0n) is 4.63. The van der Waals surface area contributed by atoms with Crippen LogP contribution in [0.25, 0.3) is 0 Å². The summed E-state index contributed by atoms with van der Waals surface area (Å²) in [5.41, 5.74) is 0. The van der Waals surface area contributed by atoms with E-state index < -0.39 is 5.24 Å². The molecule has 0 radical (unpaired) electrons. The topological polar surface area (TPSA) is 30.2 Å². The Morgan fingerprint density at radius 3 is 3.00 bits per heavy atom. The number of hydrogen-bond donors (Lipinski definition) is 0. The molecule has 0 fully saturated rings. The molecule has 2 nitrogen and oxygen atoms in total. The highest BCUT2D eigenvalue weighted by atomic mass is 35.5. The molecule has 48 valence electrons. The predicted octanol–water partition coefficient (Wildman–Crippen LogP) is 1.59. The van der Waals surface area contributed by atoms with E-state index in [9.17, 15) is 4.79 Å². The molecule has 9 heavy (non-hydrogen) atoms. The number of carbonyl (C=O) groups excluding carboxylic acids is 1. The van der Waals surface area contributed by atoms with Gasteiger partial charge in [-0.25, -0.2) is 0 Å². The highest BCUT2D eigenvalue weighted by molar-refractivity contribution is 6.63. The van der Waals surface area contributed by atoms with Gasteiger partial charge in [0.2, 0.25) is 5.24 Å². The van der Waals surface area contributed by atoms with E-state index in [1.807, 2.05) is 0 Å². The third-order valence-electron chi connectivity index (χ3n) is 0.893. The molecule has 0 aromatic carbocycles. The fraction of sp³-hybridized carbons (Fsp3) is 0.167. The number of halogens is 1. The Hall–Kier alpha value is -0.760. The normalized spacial score (nSPS) is 9.44. The molecule has 0 aliphatic rings. The van der Waals surface area contributed by atoms with Gasteiger partial charge in [0.15, 0.2) is 0 Å². The van der Waals surface area contributed by atoms with Gasteiger partial charge in [0.25, 0.3) is 0 Å². The van der Waals surface area contributed by atoms with E-state index in [1.54, 1.807) is 12.1 Å². The van der Waals surface area contributed by atoms with Gasteiger partial charge in [-0.1, -0.05) is 0 Å². The van der Waals surface area contributed by atoms with Crippen molar-refractivity contribution in [2.24, 2.45) is 0 Å². The Labute approximate surface area is 57.4 Å². The first kappa shape index (κ1) is 6.36. The third kappa shape index (κ3) is 1.90. The van der Waals surface area contributed by atoms with Crippen LogP contribution in [0.2, 0.25) is 0 Å². The summed E-state index contributed by atoms with van der Waals surface area (Å²) in [6, 6.07) is 3.43. The SMILES string of the molecule is O=C(Cl)Cc1ccco1. The highest BCUT2D eigenvalue weighted by Crippen LogP contribution is 2.02. The van der Waals surface area contributed by atoms with Crippen LogP contribution in [0.3, 0.4) is 0 Å². The van der Waals surface area contributed by atoms with Crippen molar-refractivity contribution in [3.05, 3.63) is 24.2 Å². The van der Waals surface area contributed by atoms with E-state index in [2.05, 4.69) is 0 Å². The first-order chi connectivity index (χ1) is 4.29. The lowest BCUT2D eigenvalue weighted by molar-refractivity contribution is -0.111. The molecule has 0 saturated carbocycles. The van der Waals surface area contributed by atoms with Gasteiger partial charge in [-0.05, 0) is 23.7 Å². The molecule has 0 aliphatic carbocycles. The number of furan rings is 1. The second kappa shape index (κ2) is 2.69. The van der Waals surface area contributed by atoms with E-state index in [-0.39, 0.29) is 6.42 Å². The molecule has 3 heteroatoms. The van der Waals surface area contributed by atoms with Gasteiger partial charge in [-0.2, -0.15) is 0 Å². The van der Waals surface area contributed by atoms with Gasteiger partial charge in [-0.15, -0.1) is 0 Å². The summed E-state index contributed by atoms with van der Waals surface area (Å²) in [6.45, 7) is 0. The van der Waals surface area contributed by atoms with Crippen LogP contribution in [0.15, 0.2) is 22.8 Å². The molecule has 0 spiro atoms. The van der Waals surface area contributed by atoms with Crippen molar-refractivity contribution in [1.29, 1.82) is 0 Å². The fourth-order valence-electron chi connectivity index (χ4n) is 0.550. The number of carbonyl (C=O) groups is 1. The minimum absolute atomic E-state index is 0.175. The first-order valence-corrected chi connectivity index (χ1v) is 2.87. The second-order valence-electron chi connectivity index (χ2n) is 1.61. The molecule has 0 aliphatic heterocycles. The lowest BCUT2D eigenvalue weighted by Crippen LogP contribution is -1.89. The van der Waals surface area contributed by atoms with Crippen molar-refractivity contribution in [2.75, 3.05) is 0 Å². The molecule has 1 aromatic rings. The molecule has 0 saturated heterocycles. The van der Waals surface area contributed by atoms with Crippen LogP contribution in [0.4, 0.5) is 0 Å². The van der Waals surface area contributed by atoms with Gasteiger partial charge >= 0.3 is 0 Å². The summed E-state index contributed by atoms with van der Waals surface area (Å²) in [5, 5.41) is -0.398.